The molecule has 1 unspecified atom stereocenters. The number of hydrogen-bond acceptors (Lipinski definition) is 3. The predicted molar refractivity (Wildman–Crippen MR) is 50.2 cm³/mol. The Morgan fingerprint density at radius 3 is 2.75 bits per heavy atom. The largest absolute Gasteiger partial charge is 0.396 e. The fourth-order valence-corrected chi connectivity index (χ4v) is 1.89. The Balaban J connectivity index is 2.40. The minimum atomic E-state index is 0.314. The van der Waals surface area contributed by atoms with Gasteiger partial charge < -0.3 is 10.0 Å². The van der Waals surface area contributed by atoms with Crippen LogP contribution >= 0.6 is 0 Å². The Bertz CT molecular complexity index is 130. The molecule has 1 aliphatic rings. The summed E-state index contributed by atoms with van der Waals surface area (Å²) in [6, 6.07) is 0.568. The number of nitrogens with zero attached hydrogens (tertiary/aromatic N) is 2. The molecule has 0 bridgehead atoms. The monoisotopic (exact) mass is 172 g/mol. The molecule has 3 heteroatoms. The lowest BCUT2D eigenvalue weighted by atomic mass is 10.1. The standard InChI is InChI=1S/C9H20N2O/c1-3-11-6-5-10(2)8-9(11)4-7-12/h9,12H,3-8H2,1-2H3. The van der Waals surface area contributed by atoms with Crippen LogP contribution < -0.4 is 0 Å². The first-order valence-electron chi connectivity index (χ1n) is 4.81. The zero-order chi connectivity index (χ0) is 8.97. The van der Waals surface area contributed by atoms with E-state index in [1.54, 1.807) is 0 Å². The molecule has 1 saturated heterocycles. The van der Waals surface area contributed by atoms with E-state index in [-0.39, 0.29) is 0 Å². The Labute approximate surface area is 75.0 Å². The van der Waals surface area contributed by atoms with Crippen molar-refractivity contribution in [2.45, 2.75) is 19.4 Å². The molecule has 1 fully saturated rings. The highest BCUT2D eigenvalue weighted by Crippen LogP contribution is 2.10. The van der Waals surface area contributed by atoms with Crippen molar-refractivity contribution in [3.05, 3.63) is 0 Å². The van der Waals surface area contributed by atoms with Gasteiger partial charge in [0.05, 0.1) is 0 Å². The molecule has 0 radical (unpaired) electrons. The summed E-state index contributed by atoms with van der Waals surface area (Å²) in [7, 11) is 2.15. The maximum atomic E-state index is 8.87. The molecule has 0 aromatic rings. The summed E-state index contributed by atoms with van der Waals surface area (Å²) in [6.45, 7) is 7.03. The summed E-state index contributed by atoms with van der Waals surface area (Å²) in [5.74, 6) is 0. The van der Waals surface area contributed by atoms with Crippen molar-refractivity contribution in [3.63, 3.8) is 0 Å². The van der Waals surface area contributed by atoms with E-state index in [2.05, 4.69) is 23.8 Å². The van der Waals surface area contributed by atoms with E-state index in [9.17, 15) is 0 Å². The van der Waals surface area contributed by atoms with E-state index in [4.69, 9.17) is 5.11 Å². The molecule has 3 nitrogen and oxygen atoms in total. The van der Waals surface area contributed by atoms with Gasteiger partial charge in [0.1, 0.15) is 0 Å². The molecule has 1 heterocycles. The van der Waals surface area contributed by atoms with E-state index >= 15 is 0 Å². The quantitative estimate of drug-likeness (QED) is 0.649. The fraction of sp³-hybridized carbons (Fsp3) is 1.00. The maximum absolute atomic E-state index is 8.87. The lowest BCUT2D eigenvalue weighted by molar-refractivity contribution is 0.0771. The molecule has 1 N–H and O–H groups in total. The van der Waals surface area contributed by atoms with Gasteiger partial charge in [-0.2, -0.15) is 0 Å². The Hall–Kier alpha value is -0.120. The smallest absolute Gasteiger partial charge is 0.0446 e. The molecule has 0 amide bonds. The fourth-order valence-electron chi connectivity index (χ4n) is 1.89. The molecule has 0 aromatic heterocycles. The van der Waals surface area contributed by atoms with Crippen LogP contribution in [0.5, 0.6) is 0 Å². The number of likely N-dealkylation sites (N-methyl/N-ethyl adjacent to an activating group) is 2. The highest BCUT2D eigenvalue weighted by Gasteiger charge is 2.22. The molecule has 0 aliphatic carbocycles. The van der Waals surface area contributed by atoms with Gasteiger partial charge in [0.25, 0.3) is 0 Å². The molecular weight excluding hydrogens is 152 g/mol. The normalized spacial score (nSPS) is 27.8. The average molecular weight is 172 g/mol. The van der Waals surface area contributed by atoms with Crippen LogP contribution in [0.1, 0.15) is 13.3 Å². The zero-order valence-corrected chi connectivity index (χ0v) is 8.16. The van der Waals surface area contributed by atoms with E-state index < -0.39 is 0 Å². The minimum absolute atomic E-state index is 0.314. The number of hydrogen-bond donors (Lipinski definition) is 1. The third-order valence-corrected chi connectivity index (χ3v) is 2.68. The minimum Gasteiger partial charge on any atom is -0.396 e. The van der Waals surface area contributed by atoms with Crippen molar-refractivity contribution in [1.29, 1.82) is 0 Å². The predicted octanol–water partition coefficient (Wildman–Crippen LogP) is 0.00470. The van der Waals surface area contributed by atoms with Gasteiger partial charge in [-0.15, -0.1) is 0 Å². The first-order chi connectivity index (χ1) is 5.77. The van der Waals surface area contributed by atoms with Crippen molar-refractivity contribution < 1.29 is 5.11 Å². The van der Waals surface area contributed by atoms with Gasteiger partial charge in [-0.3, -0.25) is 4.90 Å². The molecule has 0 spiro atoms. The number of aliphatic hydroxyl groups is 1. The van der Waals surface area contributed by atoms with Crippen molar-refractivity contribution in [3.8, 4) is 0 Å². The van der Waals surface area contributed by atoms with Crippen LogP contribution in [0.15, 0.2) is 0 Å². The highest BCUT2D eigenvalue weighted by molar-refractivity contribution is 4.79. The summed E-state index contributed by atoms with van der Waals surface area (Å²) < 4.78 is 0. The summed E-state index contributed by atoms with van der Waals surface area (Å²) >= 11 is 0. The number of aliphatic hydroxyl groups excluding tert-OH is 1. The summed E-state index contributed by atoms with van der Waals surface area (Å²) in [6.07, 6.45) is 0.915. The molecule has 72 valence electrons. The van der Waals surface area contributed by atoms with Crippen LogP contribution in [0.4, 0.5) is 0 Å². The second kappa shape index (κ2) is 4.80. The van der Waals surface area contributed by atoms with Gasteiger partial charge in [0.15, 0.2) is 0 Å². The van der Waals surface area contributed by atoms with Crippen LogP contribution in [0.2, 0.25) is 0 Å². The Kier molecular flexibility index (Phi) is 3.98. The van der Waals surface area contributed by atoms with E-state index in [1.807, 2.05) is 0 Å². The van der Waals surface area contributed by atoms with E-state index in [0.717, 1.165) is 32.6 Å². The van der Waals surface area contributed by atoms with Gasteiger partial charge in [-0.25, -0.2) is 0 Å². The van der Waals surface area contributed by atoms with Gasteiger partial charge in [0, 0.05) is 32.3 Å². The van der Waals surface area contributed by atoms with Gasteiger partial charge in [0.2, 0.25) is 0 Å². The second-order valence-electron chi connectivity index (χ2n) is 3.56. The third-order valence-electron chi connectivity index (χ3n) is 2.68. The van der Waals surface area contributed by atoms with Crippen molar-refractivity contribution in [1.82, 2.24) is 9.80 Å². The SMILES string of the molecule is CCN1CCN(C)CC1CCO. The molecule has 12 heavy (non-hydrogen) atoms. The van der Waals surface area contributed by atoms with Gasteiger partial charge in [-0.1, -0.05) is 6.92 Å². The van der Waals surface area contributed by atoms with Crippen molar-refractivity contribution in [2.24, 2.45) is 0 Å². The highest BCUT2D eigenvalue weighted by atomic mass is 16.3. The summed E-state index contributed by atoms with van der Waals surface area (Å²) in [5, 5.41) is 8.87. The summed E-state index contributed by atoms with van der Waals surface area (Å²) in [4.78, 5) is 4.79. The molecule has 0 aromatic carbocycles. The van der Waals surface area contributed by atoms with Crippen molar-refractivity contribution in [2.75, 3.05) is 39.8 Å². The van der Waals surface area contributed by atoms with Gasteiger partial charge in [-0.05, 0) is 20.0 Å². The molecule has 1 atom stereocenters. The van der Waals surface area contributed by atoms with Crippen LogP contribution in [0, 0.1) is 0 Å². The van der Waals surface area contributed by atoms with Crippen LogP contribution in [-0.4, -0.2) is 60.8 Å². The molecule has 1 aliphatic heterocycles. The van der Waals surface area contributed by atoms with Crippen molar-refractivity contribution >= 4 is 0 Å². The van der Waals surface area contributed by atoms with Crippen LogP contribution in [0.25, 0.3) is 0 Å². The first-order valence-corrected chi connectivity index (χ1v) is 4.81. The average Bonchev–Trinajstić information content (AvgIpc) is 2.05. The van der Waals surface area contributed by atoms with Gasteiger partial charge >= 0.3 is 0 Å². The van der Waals surface area contributed by atoms with Crippen LogP contribution in [0.3, 0.4) is 0 Å². The number of piperazine rings is 1. The maximum Gasteiger partial charge on any atom is 0.0446 e. The number of rotatable bonds is 3. The van der Waals surface area contributed by atoms with E-state index in [0.29, 0.717) is 12.6 Å². The zero-order valence-electron chi connectivity index (χ0n) is 8.16. The topological polar surface area (TPSA) is 26.7 Å². The lowest BCUT2D eigenvalue weighted by Gasteiger charge is -2.39. The van der Waals surface area contributed by atoms with Crippen LogP contribution in [-0.2, 0) is 0 Å². The molecular formula is C9H20N2O. The second-order valence-corrected chi connectivity index (χ2v) is 3.56. The lowest BCUT2D eigenvalue weighted by Crippen LogP contribution is -2.51. The molecule has 0 saturated carbocycles. The Morgan fingerprint density at radius 2 is 2.17 bits per heavy atom. The molecule has 1 rings (SSSR count). The Morgan fingerprint density at radius 1 is 1.42 bits per heavy atom. The third kappa shape index (κ3) is 2.44. The van der Waals surface area contributed by atoms with E-state index in [1.165, 1.54) is 0 Å². The first kappa shape index (κ1) is 9.96. The summed E-state index contributed by atoms with van der Waals surface area (Å²) in [5.41, 5.74) is 0.